The first-order chi connectivity index (χ1) is 9.73. The zero-order chi connectivity index (χ0) is 15.4. The third kappa shape index (κ3) is 2.45. The lowest BCUT2D eigenvalue weighted by atomic mass is 9.98. The molecule has 0 aliphatic carbocycles. The Bertz CT molecular complexity index is 702. The van der Waals surface area contributed by atoms with Crippen molar-refractivity contribution < 1.29 is 8.42 Å². The molecule has 0 bridgehead atoms. The summed E-state index contributed by atoms with van der Waals surface area (Å²) < 4.78 is 24.8. The quantitative estimate of drug-likeness (QED) is 0.767. The minimum absolute atomic E-state index is 0.0259. The second kappa shape index (κ2) is 4.86. The average molecular weight is 343 g/mol. The van der Waals surface area contributed by atoms with Crippen molar-refractivity contribution in [1.82, 2.24) is 0 Å². The van der Waals surface area contributed by atoms with E-state index in [1.165, 1.54) is 11.8 Å². The van der Waals surface area contributed by atoms with Crippen molar-refractivity contribution in [3.8, 4) is 0 Å². The van der Waals surface area contributed by atoms with Crippen LogP contribution in [0.1, 0.15) is 6.92 Å². The zero-order valence-corrected chi connectivity index (χ0v) is 14.7. The molecular weight excluding hydrogens is 324 g/mol. The van der Waals surface area contributed by atoms with E-state index in [1.54, 1.807) is 0 Å². The van der Waals surface area contributed by atoms with Gasteiger partial charge in [0.15, 0.2) is 9.84 Å². The summed E-state index contributed by atoms with van der Waals surface area (Å²) in [5.41, 5.74) is 1.61. The number of anilines is 2. The van der Waals surface area contributed by atoms with Gasteiger partial charge in [0.25, 0.3) is 0 Å². The Morgan fingerprint density at radius 1 is 1.43 bits per heavy atom. The Labute approximate surface area is 135 Å². The van der Waals surface area contributed by atoms with Crippen molar-refractivity contribution in [2.45, 2.75) is 17.7 Å². The van der Waals surface area contributed by atoms with Crippen molar-refractivity contribution in [2.75, 3.05) is 35.4 Å². The molecule has 114 valence electrons. The fourth-order valence-electron chi connectivity index (χ4n) is 3.07. The fourth-order valence-corrected chi connectivity index (χ4v) is 8.00. The zero-order valence-electron chi connectivity index (χ0n) is 12.2. The largest absolute Gasteiger partial charge is 0.378 e. The smallest absolute Gasteiger partial charge is 0.153 e. The molecule has 2 heterocycles. The number of hydrogen-bond donors (Lipinski definition) is 0. The highest BCUT2D eigenvalue weighted by molar-refractivity contribution is 8.24. The molecule has 1 aromatic rings. The van der Waals surface area contributed by atoms with Crippen molar-refractivity contribution in [2.24, 2.45) is 0 Å². The molecule has 0 saturated carbocycles. The van der Waals surface area contributed by atoms with Crippen molar-refractivity contribution >= 4 is 49.5 Å². The first-order valence-corrected chi connectivity index (χ1v) is 9.82. The molecule has 4 nitrogen and oxygen atoms in total. The van der Waals surface area contributed by atoms with Gasteiger partial charge in [-0.25, -0.2) is 8.42 Å². The molecule has 0 spiro atoms. The summed E-state index contributed by atoms with van der Waals surface area (Å²) in [5.74, 6) is 0.391. The number of benzene rings is 1. The highest BCUT2D eigenvalue weighted by Gasteiger charge is 2.57. The fraction of sp³-hybridized carbons (Fsp3) is 0.500. The summed E-state index contributed by atoms with van der Waals surface area (Å²) in [5, 5.41) is 0.0259. The Hall–Kier alpha value is -0.790. The maximum absolute atomic E-state index is 12.0. The first kappa shape index (κ1) is 15.1. The molecule has 0 radical (unpaired) electrons. The van der Waals surface area contributed by atoms with Gasteiger partial charge >= 0.3 is 0 Å². The molecular formula is C14H18N2O2S3. The lowest BCUT2D eigenvalue weighted by Gasteiger charge is -2.34. The predicted molar refractivity (Wildman–Crippen MR) is 94.3 cm³/mol. The summed E-state index contributed by atoms with van der Waals surface area (Å²) in [7, 11) is 0.986. The van der Waals surface area contributed by atoms with Crippen LogP contribution in [0, 0.1) is 0 Å². The van der Waals surface area contributed by atoms with Crippen LogP contribution in [-0.2, 0) is 9.84 Å². The number of thiocarbonyl (C=S) groups is 1. The van der Waals surface area contributed by atoms with Crippen LogP contribution in [0.3, 0.4) is 0 Å². The van der Waals surface area contributed by atoms with E-state index in [9.17, 15) is 8.42 Å². The van der Waals surface area contributed by atoms with E-state index in [4.69, 9.17) is 12.2 Å². The minimum atomic E-state index is -2.99. The molecule has 3 rings (SSSR count). The Morgan fingerprint density at radius 3 is 2.81 bits per heavy atom. The molecule has 7 heteroatoms. The van der Waals surface area contributed by atoms with Crippen LogP contribution in [0.5, 0.6) is 0 Å². The number of nitrogens with zero attached hydrogens (tertiary/aromatic N) is 2. The maximum Gasteiger partial charge on any atom is 0.153 e. The Balaban J connectivity index is 2.05. The lowest BCUT2D eigenvalue weighted by molar-refractivity contribution is 0.550. The number of rotatable bonds is 2. The van der Waals surface area contributed by atoms with Gasteiger partial charge in [0.05, 0.1) is 22.3 Å². The lowest BCUT2D eigenvalue weighted by Crippen LogP contribution is -2.49. The van der Waals surface area contributed by atoms with Gasteiger partial charge in [0, 0.05) is 25.5 Å². The molecule has 0 amide bonds. The molecule has 21 heavy (non-hydrogen) atoms. The number of sulfone groups is 1. The molecule has 2 fully saturated rings. The van der Waals surface area contributed by atoms with Crippen LogP contribution >= 0.6 is 24.0 Å². The van der Waals surface area contributed by atoms with Gasteiger partial charge in [0.1, 0.15) is 4.32 Å². The van der Waals surface area contributed by atoms with E-state index in [1.807, 2.05) is 49.0 Å². The van der Waals surface area contributed by atoms with E-state index in [0.717, 1.165) is 15.7 Å². The average Bonchev–Trinajstić information content (AvgIpc) is 2.72. The highest BCUT2D eigenvalue weighted by atomic mass is 32.2. The van der Waals surface area contributed by atoms with Gasteiger partial charge in [-0.3, -0.25) is 0 Å². The summed E-state index contributed by atoms with van der Waals surface area (Å²) in [4.78, 5) is 4.07. The number of thioether (sulfide) groups is 1. The number of hydrogen-bond acceptors (Lipinski definition) is 5. The topological polar surface area (TPSA) is 40.6 Å². The van der Waals surface area contributed by atoms with Gasteiger partial charge in [-0.05, 0) is 25.1 Å². The number of fused-ring (bicyclic) bond motifs is 1. The summed E-state index contributed by atoms with van der Waals surface area (Å²) in [6.45, 7) is 2.01. The minimum Gasteiger partial charge on any atom is -0.378 e. The van der Waals surface area contributed by atoms with E-state index >= 15 is 0 Å². The maximum atomic E-state index is 12.0. The van der Waals surface area contributed by atoms with Gasteiger partial charge in [-0.15, -0.1) is 0 Å². The molecule has 2 aliphatic rings. The van der Waals surface area contributed by atoms with Crippen LogP contribution in [-0.4, -0.2) is 49.1 Å². The Kier molecular flexibility index (Phi) is 3.50. The SMILES string of the molecule is CN(C)c1cccc(N2C(=S)S[C@@H]3CS(=O)(=O)C[C@]32C)c1. The molecule has 2 atom stereocenters. The van der Waals surface area contributed by atoms with Crippen LogP contribution in [0.25, 0.3) is 0 Å². The summed E-state index contributed by atoms with van der Waals surface area (Å²) in [6.07, 6.45) is 0. The monoisotopic (exact) mass is 342 g/mol. The second-order valence-corrected chi connectivity index (χ2v) is 9.98. The van der Waals surface area contributed by atoms with E-state index < -0.39 is 15.4 Å². The van der Waals surface area contributed by atoms with Crippen molar-refractivity contribution in [3.05, 3.63) is 24.3 Å². The third-order valence-electron chi connectivity index (χ3n) is 4.15. The highest BCUT2D eigenvalue weighted by Crippen LogP contribution is 2.48. The molecule has 0 N–H and O–H groups in total. The first-order valence-electron chi connectivity index (χ1n) is 6.72. The van der Waals surface area contributed by atoms with Gasteiger partial charge in [0.2, 0.25) is 0 Å². The van der Waals surface area contributed by atoms with E-state index in [-0.39, 0.29) is 16.8 Å². The third-order valence-corrected chi connectivity index (χ3v) is 8.04. The van der Waals surface area contributed by atoms with Gasteiger partial charge < -0.3 is 9.80 Å². The summed E-state index contributed by atoms with van der Waals surface area (Å²) >= 11 is 7.03. The molecule has 2 aliphatic heterocycles. The predicted octanol–water partition coefficient (Wildman–Crippen LogP) is 2.15. The standard InChI is InChI=1S/C14H18N2O2S3/c1-14-9-21(17,18)8-12(14)20-13(19)16(14)11-6-4-5-10(7-11)15(2)3/h4-7,12H,8-9H2,1-3H3/t12-,14-/m1/s1. The molecule has 0 unspecified atom stereocenters. The van der Waals surface area contributed by atoms with Crippen molar-refractivity contribution in [1.29, 1.82) is 0 Å². The molecule has 1 aromatic carbocycles. The van der Waals surface area contributed by atoms with Crippen LogP contribution in [0.2, 0.25) is 0 Å². The van der Waals surface area contributed by atoms with Crippen LogP contribution in [0.4, 0.5) is 11.4 Å². The summed E-state index contributed by atoms with van der Waals surface area (Å²) in [6, 6.07) is 8.07. The molecule has 0 aromatic heterocycles. The van der Waals surface area contributed by atoms with Gasteiger partial charge in [-0.1, -0.05) is 30.0 Å². The second-order valence-electron chi connectivity index (χ2n) is 6.03. The van der Waals surface area contributed by atoms with Crippen molar-refractivity contribution in [3.63, 3.8) is 0 Å². The van der Waals surface area contributed by atoms with Gasteiger partial charge in [-0.2, -0.15) is 0 Å². The molecule has 2 saturated heterocycles. The normalized spacial score (nSPS) is 30.5. The van der Waals surface area contributed by atoms with Crippen LogP contribution < -0.4 is 9.80 Å². The van der Waals surface area contributed by atoms with E-state index in [0.29, 0.717) is 0 Å². The Morgan fingerprint density at radius 2 is 2.14 bits per heavy atom. The van der Waals surface area contributed by atoms with E-state index in [2.05, 4.69) is 6.07 Å². The van der Waals surface area contributed by atoms with Crippen LogP contribution in [0.15, 0.2) is 24.3 Å².